The second kappa shape index (κ2) is 15.6. The molecule has 0 spiro atoms. The average molecular weight is 783 g/mol. The zero-order chi connectivity index (χ0) is 36.4. The van der Waals surface area contributed by atoms with E-state index in [1.54, 1.807) is 6.07 Å². The van der Waals surface area contributed by atoms with Gasteiger partial charge in [0, 0.05) is 24.3 Å². The Bertz CT molecular complexity index is 1980. The van der Waals surface area contributed by atoms with Crippen molar-refractivity contribution < 1.29 is 31.1 Å². The molecule has 280 valence electrons. The lowest BCUT2D eigenvalue weighted by Crippen LogP contribution is -2.31. The first-order valence-corrected chi connectivity index (χ1v) is 18.5. The highest BCUT2D eigenvalue weighted by atomic mass is 35.5. The van der Waals surface area contributed by atoms with E-state index in [2.05, 4.69) is 51.7 Å². The standard InChI is InChI=1S/C35H39ClF3N7O4S.ClH/c1-33(2)21-24(22-41-33)25(23-7-4-3-5-8-23)13-18-40-27-9-6-10-30(42-27)51(48,49)45-32(47)26-11-12-28(43-31(26)36)46-19-14-29(44-46)50-20-17-34(15-16-34)35(37,38)39;/h3-12,14,19,24-25,41H,13,15-18,20-22H2,1-2H3,(H,40,42)(H,45,47);1H. The Balaban J connectivity index is 0.00000523. The molecule has 1 saturated heterocycles. The van der Waals surface area contributed by atoms with Crippen molar-refractivity contribution in [3.63, 3.8) is 0 Å². The van der Waals surface area contributed by atoms with Crippen molar-refractivity contribution in [2.75, 3.05) is 25.0 Å². The number of alkyl halides is 3. The molecule has 0 bridgehead atoms. The van der Waals surface area contributed by atoms with Crippen molar-refractivity contribution in [1.29, 1.82) is 0 Å². The lowest BCUT2D eigenvalue weighted by atomic mass is 9.80. The van der Waals surface area contributed by atoms with Crippen LogP contribution in [0, 0.1) is 11.3 Å². The summed E-state index contributed by atoms with van der Waals surface area (Å²) in [4.78, 5) is 21.4. The topological polar surface area (TPSA) is 140 Å². The number of ether oxygens (including phenoxy) is 1. The smallest absolute Gasteiger partial charge is 0.394 e. The van der Waals surface area contributed by atoms with E-state index in [0.717, 1.165) is 19.4 Å². The second-order valence-corrected chi connectivity index (χ2v) is 15.7. The number of amides is 1. The van der Waals surface area contributed by atoms with Gasteiger partial charge in [-0.05, 0) is 94.2 Å². The van der Waals surface area contributed by atoms with Crippen molar-refractivity contribution in [3.05, 3.63) is 89.2 Å². The summed E-state index contributed by atoms with van der Waals surface area (Å²) in [5.74, 6) is 0.335. The number of pyridine rings is 2. The van der Waals surface area contributed by atoms with Crippen LogP contribution in [0.4, 0.5) is 19.0 Å². The Morgan fingerprint density at radius 2 is 1.83 bits per heavy atom. The van der Waals surface area contributed by atoms with E-state index in [-0.39, 0.29) is 71.3 Å². The molecular formula is C35H40Cl2F3N7O4S. The maximum absolute atomic E-state index is 13.2. The number of carbonyl (C=O) groups excluding carboxylic acids is 1. The molecule has 2 aliphatic rings. The highest BCUT2D eigenvalue weighted by Crippen LogP contribution is 2.59. The van der Waals surface area contributed by atoms with Crippen LogP contribution < -0.4 is 20.1 Å². The van der Waals surface area contributed by atoms with E-state index in [9.17, 15) is 26.4 Å². The Morgan fingerprint density at radius 3 is 2.48 bits per heavy atom. The highest BCUT2D eigenvalue weighted by molar-refractivity contribution is 7.90. The predicted octanol–water partition coefficient (Wildman–Crippen LogP) is 6.94. The first kappa shape index (κ1) is 39.3. The Labute approximate surface area is 311 Å². The Hall–Kier alpha value is -3.92. The van der Waals surface area contributed by atoms with E-state index in [0.29, 0.717) is 24.2 Å². The first-order chi connectivity index (χ1) is 24.1. The molecule has 2 atom stereocenters. The maximum Gasteiger partial charge on any atom is 0.394 e. The van der Waals surface area contributed by atoms with Crippen LogP contribution in [0.25, 0.3) is 5.82 Å². The molecule has 0 radical (unpaired) electrons. The number of rotatable bonds is 14. The minimum absolute atomic E-state index is 0. The number of nitrogens with zero attached hydrogens (tertiary/aromatic N) is 4. The third-order valence-corrected chi connectivity index (χ3v) is 11.1. The number of sulfonamides is 1. The summed E-state index contributed by atoms with van der Waals surface area (Å²) in [6.45, 7) is 5.72. The van der Waals surface area contributed by atoms with Crippen LogP contribution in [-0.2, 0) is 10.0 Å². The molecule has 2 fully saturated rings. The Kier molecular flexibility index (Phi) is 11.8. The molecule has 1 saturated carbocycles. The van der Waals surface area contributed by atoms with E-state index < -0.39 is 27.5 Å². The predicted molar refractivity (Wildman–Crippen MR) is 193 cm³/mol. The molecule has 52 heavy (non-hydrogen) atoms. The van der Waals surface area contributed by atoms with Crippen molar-refractivity contribution in [2.45, 2.75) is 68.6 Å². The van der Waals surface area contributed by atoms with Gasteiger partial charge in [0.25, 0.3) is 15.9 Å². The van der Waals surface area contributed by atoms with E-state index >= 15 is 0 Å². The van der Waals surface area contributed by atoms with Crippen LogP contribution in [0.3, 0.4) is 0 Å². The van der Waals surface area contributed by atoms with Gasteiger partial charge in [-0.2, -0.15) is 21.6 Å². The summed E-state index contributed by atoms with van der Waals surface area (Å²) in [7, 11) is -4.39. The zero-order valence-electron chi connectivity index (χ0n) is 28.5. The number of halogens is 5. The van der Waals surface area contributed by atoms with Gasteiger partial charge < -0.3 is 15.4 Å². The molecule has 17 heteroatoms. The fourth-order valence-electron chi connectivity index (χ4n) is 6.52. The minimum atomic E-state index is -4.39. The number of benzene rings is 1. The molecular weight excluding hydrogens is 742 g/mol. The van der Waals surface area contributed by atoms with Crippen molar-refractivity contribution in [2.24, 2.45) is 11.3 Å². The largest absolute Gasteiger partial charge is 0.477 e. The zero-order valence-corrected chi connectivity index (χ0v) is 30.9. The number of nitrogens with one attached hydrogen (secondary N) is 3. The molecule has 1 aliphatic carbocycles. The van der Waals surface area contributed by atoms with E-state index in [1.165, 1.54) is 46.8 Å². The summed E-state index contributed by atoms with van der Waals surface area (Å²) in [6.07, 6.45) is -0.939. The van der Waals surface area contributed by atoms with Crippen LogP contribution in [0.15, 0.2) is 78.0 Å². The first-order valence-electron chi connectivity index (χ1n) is 16.6. The molecule has 3 N–H and O–H groups in total. The molecule has 1 aliphatic heterocycles. The van der Waals surface area contributed by atoms with Gasteiger partial charge in [0.1, 0.15) is 11.0 Å². The molecule has 6 rings (SSSR count). The second-order valence-electron chi connectivity index (χ2n) is 13.7. The number of aromatic nitrogens is 4. The van der Waals surface area contributed by atoms with Gasteiger partial charge in [-0.15, -0.1) is 17.5 Å². The van der Waals surface area contributed by atoms with Gasteiger partial charge in [-0.1, -0.05) is 48.0 Å². The van der Waals surface area contributed by atoms with Crippen molar-refractivity contribution >= 4 is 45.8 Å². The van der Waals surface area contributed by atoms with Gasteiger partial charge in [0.15, 0.2) is 10.8 Å². The van der Waals surface area contributed by atoms with Crippen LogP contribution in [0.5, 0.6) is 5.88 Å². The molecule has 3 aromatic heterocycles. The fourth-order valence-corrected chi connectivity index (χ4v) is 7.70. The molecule has 1 amide bonds. The normalized spacial score (nSPS) is 18.2. The van der Waals surface area contributed by atoms with Crippen LogP contribution in [-0.4, -0.2) is 65.5 Å². The van der Waals surface area contributed by atoms with Crippen molar-refractivity contribution in [3.8, 4) is 11.7 Å². The van der Waals surface area contributed by atoms with Crippen LogP contribution in [0.1, 0.15) is 67.8 Å². The SMILES string of the molecule is CC1(C)CC(C(CCNc2cccc(S(=O)(=O)NC(=O)c3ccc(-n4ccc(OCCC5(C(F)(F)F)CC5)n4)nc3Cl)n2)c2ccccc2)CN1.Cl. The minimum Gasteiger partial charge on any atom is -0.477 e. The lowest BCUT2D eigenvalue weighted by molar-refractivity contribution is -0.190. The monoisotopic (exact) mass is 781 g/mol. The van der Waals surface area contributed by atoms with E-state index in [4.69, 9.17) is 16.3 Å². The third-order valence-electron chi connectivity index (χ3n) is 9.56. The fraction of sp³-hybridized carbons (Fsp3) is 0.429. The maximum atomic E-state index is 13.2. The summed E-state index contributed by atoms with van der Waals surface area (Å²) in [6, 6.07) is 19.0. The van der Waals surface area contributed by atoms with Crippen molar-refractivity contribution in [1.82, 2.24) is 29.8 Å². The van der Waals surface area contributed by atoms with E-state index in [1.807, 2.05) is 22.9 Å². The Morgan fingerprint density at radius 1 is 1.08 bits per heavy atom. The molecule has 4 aromatic rings. The van der Waals surface area contributed by atoms with Gasteiger partial charge in [-0.25, -0.2) is 19.4 Å². The average Bonchev–Trinajstić information content (AvgIpc) is 3.60. The van der Waals surface area contributed by atoms with Crippen LogP contribution >= 0.6 is 24.0 Å². The van der Waals surface area contributed by atoms with Gasteiger partial charge >= 0.3 is 6.18 Å². The molecule has 1 aromatic carbocycles. The summed E-state index contributed by atoms with van der Waals surface area (Å²) < 4.78 is 74.6. The van der Waals surface area contributed by atoms with Gasteiger partial charge in [-0.3, -0.25) is 4.79 Å². The number of hydrogen-bond acceptors (Lipinski definition) is 9. The quantitative estimate of drug-likeness (QED) is 0.116. The number of anilines is 1. The number of hydrogen-bond donors (Lipinski definition) is 3. The van der Waals surface area contributed by atoms with Gasteiger partial charge in [0.2, 0.25) is 5.88 Å². The molecule has 11 nitrogen and oxygen atoms in total. The summed E-state index contributed by atoms with van der Waals surface area (Å²) in [5.41, 5.74) is -0.569. The summed E-state index contributed by atoms with van der Waals surface area (Å²) >= 11 is 6.28. The third kappa shape index (κ3) is 9.17. The lowest BCUT2D eigenvalue weighted by Gasteiger charge is -2.25. The summed E-state index contributed by atoms with van der Waals surface area (Å²) in [5, 5.41) is 10.4. The molecule has 4 heterocycles. The van der Waals surface area contributed by atoms with Gasteiger partial charge in [0.05, 0.1) is 17.6 Å². The van der Waals surface area contributed by atoms with Crippen LogP contribution in [0.2, 0.25) is 5.15 Å². The molecule has 2 unspecified atom stereocenters. The highest BCUT2D eigenvalue weighted by Gasteiger charge is 2.62. The number of carbonyl (C=O) groups is 1.